The van der Waals surface area contributed by atoms with E-state index in [0.717, 1.165) is 11.3 Å². The molecule has 5 heteroatoms. The van der Waals surface area contributed by atoms with Crippen LogP contribution in [0.1, 0.15) is 21.6 Å². The number of aromatic nitrogens is 1. The summed E-state index contributed by atoms with van der Waals surface area (Å²) in [7, 11) is 0. The summed E-state index contributed by atoms with van der Waals surface area (Å²) in [5.74, 6) is 4.79. The zero-order chi connectivity index (χ0) is 13.8. The molecule has 0 atom stereocenters. The Morgan fingerprint density at radius 2 is 1.95 bits per heavy atom. The second kappa shape index (κ2) is 5.49. The van der Waals surface area contributed by atoms with Crippen LogP contribution in [0.25, 0.3) is 0 Å². The highest BCUT2D eigenvalue weighted by Crippen LogP contribution is 2.10. The van der Waals surface area contributed by atoms with E-state index in [-0.39, 0.29) is 11.5 Å². The summed E-state index contributed by atoms with van der Waals surface area (Å²) in [5, 5.41) is 0. The molecule has 5 nitrogen and oxygen atoms in total. The van der Waals surface area contributed by atoms with Crippen LogP contribution in [0.3, 0.4) is 0 Å². The van der Waals surface area contributed by atoms with Gasteiger partial charge in [0, 0.05) is 17.3 Å². The van der Waals surface area contributed by atoms with Gasteiger partial charge in [0.25, 0.3) is 11.5 Å². The highest BCUT2D eigenvalue weighted by molar-refractivity contribution is 5.95. The molecule has 0 unspecified atom stereocenters. The van der Waals surface area contributed by atoms with Gasteiger partial charge in [0.1, 0.15) is 0 Å². The maximum atomic E-state index is 11.8. The molecule has 1 amide bonds. The molecule has 1 heterocycles. The summed E-state index contributed by atoms with van der Waals surface area (Å²) >= 11 is 0. The van der Waals surface area contributed by atoms with Gasteiger partial charge < -0.3 is 4.57 Å². The highest BCUT2D eigenvalue weighted by Gasteiger charge is 2.10. The third kappa shape index (κ3) is 2.71. The van der Waals surface area contributed by atoms with Gasteiger partial charge in [-0.05, 0) is 24.6 Å². The largest absolute Gasteiger partial charge is 0.309 e. The summed E-state index contributed by atoms with van der Waals surface area (Å²) in [6, 6.07) is 12.1. The SMILES string of the molecule is Cc1cccc(=O)n1Cc1ccccc1C(=O)NN. The van der Waals surface area contributed by atoms with Gasteiger partial charge in [-0.15, -0.1) is 0 Å². The third-order valence-corrected chi connectivity index (χ3v) is 2.99. The molecule has 0 aliphatic heterocycles. The van der Waals surface area contributed by atoms with Gasteiger partial charge in [0.15, 0.2) is 0 Å². The number of carbonyl (C=O) groups excluding carboxylic acids is 1. The van der Waals surface area contributed by atoms with Crippen molar-refractivity contribution in [3.63, 3.8) is 0 Å². The Morgan fingerprint density at radius 1 is 1.21 bits per heavy atom. The summed E-state index contributed by atoms with van der Waals surface area (Å²) in [5.41, 5.74) is 4.08. The van der Waals surface area contributed by atoms with Crippen LogP contribution < -0.4 is 16.8 Å². The molecule has 19 heavy (non-hydrogen) atoms. The van der Waals surface area contributed by atoms with E-state index in [1.165, 1.54) is 6.07 Å². The number of nitrogens with two attached hydrogens (primary N) is 1. The van der Waals surface area contributed by atoms with E-state index in [1.54, 1.807) is 22.8 Å². The number of hydrazine groups is 1. The number of rotatable bonds is 3. The molecule has 0 saturated heterocycles. The maximum Gasteiger partial charge on any atom is 0.265 e. The first-order valence-corrected chi connectivity index (χ1v) is 5.89. The second-order valence-electron chi connectivity index (χ2n) is 4.22. The number of nitrogen functional groups attached to an aromatic ring is 1. The standard InChI is InChI=1S/C14H15N3O2/c1-10-5-4-8-13(18)17(10)9-11-6-2-3-7-12(11)14(19)16-15/h2-8H,9,15H2,1H3,(H,16,19). The van der Waals surface area contributed by atoms with Crippen molar-refractivity contribution >= 4 is 5.91 Å². The molecule has 1 aromatic heterocycles. The molecule has 0 aliphatic rings. The average Bonchev–Trinajstić information content (AvgIpc) is 2.42. The Hall–Kier alpha value is -2.40. The lowest BCUT2D eigenvalue weighted by Gasteiger charge is -2.12. The van der Waals surface area contributed by atoms with Gasteiger partial charge in [-0.1, -0.05) is 24.3 Å². The Balaban J connectivity index is 2.45. The van der Waals surface area contributed by atoms with Crippen molar-refractivity contribution in [3.8, 4) is 0 Å². The first-order valence-electron chi connectivity index (χ1n) is 5.89. The first kappa shape index (κ1) is 13.0. The van der Waals surface area contributed by atoms with Crippen LogP contribution in [0.4, 0.5) is 0 Å². The Bertz CT molecular complexity index is 662. The topological polar surface area (TPSA) is 77.1 Å². The molecule has 0 bridgehead atoms. The molecule has 98 valence electrons. The zero-order valence-electron chi connectivity index (χ0n) is 10.6. The molecule has 1 aromatic carbocycles. The predicted octanol–water partition coefficient (Wildman–Crippen LogP) is 0.809. The van der Waals surface area contributed by atoms with Gasteiger partial charge in [0.05, 0.1) is 6.54 Å². The van der Waals surface area contributed by atoms with Gasteiger partial charge in [-0.3, -0.25) is 15.0 Å². The molecule has 0 saturated carbocycles. The second-order valence-corrected chi connectivity index (χ2v) is 4.22. The van der Waals surface area contributed by atoms with Crippen LogP contribution in [-0.2, 0) is 6.54 Å². The van der Waals surface area contributed by atoms with Crippen LogP contribution in [0.2, 0.25) is 0 Å². The lowest BCUT2D eigenvalue weighted by molar-refractivity contribution is 0.0952. The van der Waals surface area contributed by atoms with Crippen LogP contribution in [0.15, 0.2) is 47.3 Å². The van der Waals surface area contributed by atoms with E-state index in [4.69, 9.17) is 5.84 Å². The van der Waals surface area contributed by atoms with Crippen molar-refractivity contribution < 1.29 is 4.79 Å². The minimum Gasteiger partial charge on any atom is -0.309 e. The predicted molar refractivity (Wildman–Crippen MR) is 72.6 cm³/mol. The molecule has 2 aromatic rings. The van der Waals surface area contributed by atoms with E-state index in [0.29, 0.717) is 12.1 Å². The van der Waals surface area contributed by atoms with E-state index in [9.17, 15) is 9.59 Å². The fraction of sp³-hybridized carbons (Fsp3) is 0.143. The number of hydrogen-bond donors (Lipinski definition) is 2. The number of amides is 1. The monoisotopic (exact) mass is 257 g/mol. The minimum absolute atomic E-state index is 0.0945. The number of hydrogen-bond acceptors (Lipinski definition) is 3. The quantitative estimate of drug-likeness (QED) is 0.485. The molecular formula is C14H15N3O2. The van der Waals surface area contributed by atoms with Crippen molar-refractivity contribution in [2.24, 2.45) is 5.84 Å². The third-order valence-electron chi connectivity index (χ3n) is 2.99. The van der Waals surface area contributed by atoms with Crippen molar-refractivity contribution in [3.05, 3.63) is 69.6 Å². The summed E-state index contributed by atoms with van der Waals surface area (Å²) in [4.78, 5) is 23.5. The maximum absolute atomic E-state index is 11.8. The van der Waals surface area contributed by atoms with Gasteiger partial charge in [-0.25, -0.2) is 5.84 Å². The molecule has 0 fully saturated rings. The first-order chi connectivity index (χ1) is 9.13. The van der Waals surface area contributed by atoms with Crippen molar-refractivity contribution in [2.75, 3.05) is 0 Å². The smallest absolute Gasteiger partial charge is 0.265 e. The Labute approximate surface area is 110 Å². The van der Waals surface area contributed by atoms with E-state index < -0.39 is 0 Å². The van der Waals surface area contributed by atoms with Crippen LogP contribution in [0, 0.1) is 6.92 Å². The fourth-order valence-corrected chi connectivity index (χ4v) is 1.95. The molecule has 3 N–H and O–H groups in total. The van der Waals surface area contributed by atoms with Crippen LogP contribution in [0.5, 0.6) is 0 Å². The van der Waals surface area contributed by atoms with E-state index in [2.05, 4.69) is 5.43 Å². The Morgan fingerprint density at radius 3 is 2.63 bits per heavy atom. The number of nitrogens with zero attached hydrogens (tertiary/aromatic N) is 1. The van der Waals surface area contributed by atoms with Crippen LogP contribution >= 0.6 is 0 Å². The van der Waals surface area contributed by atoms with Crippen LogP contribution in [-0.4, -0.2) is 10.5 Å². The van der Waals surface area contributed by atoms with Gasteiger partial charge in [-0.2, -0.15) is 0 Å². The fourth-order valence-electron chi connectivity index (χ4n) is 1.95. The molecule has 0 aliphatic carbocycles. The lowest BCUT2D eigenvalue weighted by Crippen LogP contribution is -2.31. The summed E-state index contributed by atoms with van der Waals surface area (Å²) < 4.78 is 1.61. The number of aryl methyl sites for hydroxylation is 1. The zero-order valence-corrected chi connectivity index (χ0v) is 10.6. The molecule has 0 radical (unpaired) electrons. The average molecular weight is 257 g/mol. The lowest BCUT2D eigenvalue weighted by atomic mass is 10.1. The normalized spacial score (nSPS) is 10.2. The van der Waals surface area contributed by atoms with Gasteiger partial charge in [0.2, 0.25) is 0 Å². The van der Waals surface area contributed by atoms with Crippen molar-refractivity contribution in [2.45, 2.75) is 13.5 Å². The highest BCUT2D eigenvalue weighted by atomic mass is 16.2. The Kier molecular flexibility index (Phi) is 3.77. The van der Waals surface area contributed by atoms with Crippen molar-refractivity contribution in [1.29, 1.82) is 0 Å². The van der Waals surface area contributed by atoms with E-state index in [1.807, 2.05) is 25.1 Å². The number of carbonyl (C=O) groups is 1. The number of pyridine rings is 1. The molecule has 2 rings (SSSR count). The molecule has 0 spiro atoms. The van der Waals surface area contributed by atoms with E-state index >= 15 is 0 Å². The van der Waals surface area contributed by atoms with Crippen molar-refractivity contribution in [1.82, 2.24) is 9.99 Å². The number of nitrogens with one attached hydrogen (secondary N) is 1. The number of benzene rings is 1. The summed E-state index contributed by atoms with van der Waals surface area (Å²) in [6.07, 6.45) is 0. The summed E-state index contributed by atoms with van der Waals surface area (Å²) in [6.45, 7) is 2.20. The minimum atomic E-state index is -0.364. The molecular weight excluding hydrogens is 242 g/mol. The van der Waals surface area contributed by atoms with Gasteiger partial charge >= 0.3 is 0 Å².